The first kappa shape index (κ1) is 16.4. The summed E-state index contributed by atoms with van der Waals surface area (Å²) < 4.78 is 41.8. The second-order valence-electron chi connectivity index (χ2n) is 4.15. The van der Waals surface area contributed by atoms with E-state index in [1.54, 1.807) is 12.1 Å². The van der Waals surface area contributed by atoms with Gasteiger partial charge in [-0.25, -0.2) is 0 Å². The highest BCUT2D eigenvalue weighted by Crippen LogP contribution is 2.35. The van der Waals surface area contributed by atoms with Gasteiger partial charge < -0.3 is 9.84 Å². The first-order valence-corrected chi connectivity index (χ1v) is 7.21. The summed E-state index contributed by atoms with van der Waals surface area (Å²) >= 11 is 7.85. The summed E-state index contributed by atoms with van der Waals surface area (Å²) in [6, 6.07) is 10.3. The molecule has 0 amide bonds. The van der Waals surface area contributed by atoms with Gasteiger partial charge in [0.25, 0.3) is 0 Å². The molecule has 0 radical (unpaired) electrons. The minimum absolute atomic E-state index is 0.0232. The Balaban J connectivity index is 2.44. The van der Waals surface area contributed by atoms with Crippen molar-refractivity contribution in [3.8, 4) is 5.75 Å². The smallest absolute Gasteiger partial charge is 0.405 e. The molecule has 0 aliphatic rings. The van der Waals surface area contributed by atoms with Gasteiger partial charge in [0.2, 0.25) is 0 Å². The van der Waals surface area contributed by atoms with Crippen molar-refractivity contribution in [3.05, 3.63) is 62.2 Å². The van der Waals surface area contributed by atoms with E-state index in [2.05, 4.69) is 4.74 Å². The number of aliphatic hydroxyl groups excluding tert-OH is 1. The van der Waals surface area contributed by atoms with Gasteiger partial charge in [-0.3, -0.25) is 0 Å². The lowest BCUT2D eigenvalue weighted by Gasteiger charge is -2.18. The van der Waals surface area contributed by atoms with Gasteiger partial charge in [-0.05, 0) is 52.4 Å². The van der Waals surface area contributed by atoms with Crippen molar-refractivity contribution < 1.29 is 23.0 Å². The fraction of sp³-hybridized carbons (Fsp3) is 0.143. The van der Waals surface area contributed by atoms with Crippen molar-refractivity contribution in [3.63, 3.8) is 0 Å². The Morgan fingerprint density at radius 3 is 2.43 bits per heavy atom. The van der Waals surface area contributed by atoms with Crippen molar-refractivity contribution in [2.24, 2.45) is 0 Å². The molecule has 0 fully saturated rings. The van der Waals surface area contributed by atoms with Gasteiger partial charge in [-0.15, -0.1) is 13.2 Å². The van der Waals surface area contributed by atoms with Crippen LogP contribution in [0.15, 0.2) is 42.5 Å². The highest BCUT2D eigenvalue weighted by molar-refractivity contribution is 14.1. The molecule has 0 bridgehead atoms. The molecule has 112 valence electrons. The molecular formula is C14H9ClF3IO2. The van der Waals surface area contributed by atoms with E-state index in [0.29, 0.717) is 14.2 Å². The van der Waals surface area contributed by atoms with Crippen LogP contribution in [-0.4, -0.2) is 11.5 Å². The van der Waals surface area contributed by atoms with E-state index < -0.39 is 18.2 Å². The molecule has 1 N–H and O–H groups in total. The molecule has 2 aromatic carbocycles. The number of hydrogen-bond acceptors (Lipinski definition) is 2. The van der Waals surface area contributed by atoms with Crippen LogP contribution in [0.1, 0.15) is 17.2 Å². The molecule has 21 heavy (non-hydrogen) atoms. The third-order valence-corrected chi connectivity index (χ3v) is 3.91. The van der Waals surface area contributed by atoms with Gasteiger partial charge in [0.05, 0.1) is 0 Å². The lowest BCUT2D eigenvalue weighted by Crippen LogP contribution is -2.19. The first-order valence-electron chi connectivity index (χ1n) is 5.75. The van der Waals surface area contributed by atoms with Crippen LogP contribution < -0.4 is 4.74 Å². The van der Waals surface area contributed by atoms with E-state index >= 15 is 0 Å². The maximum absolute atomic E-state index is 12.4. The molecule has 0 heterocycles. The zero-order valence-electron chi connectivity index (χ0n) is 10.4. The molecule has 1 atom stereocenters. The minimum Gasteiger partial charge on any atom is -0.405 e. The van der Waals surface area contributed by atoms with Crippen molar-refractivity contribution in [1.29, 1.82) is 0 Å². The van der Waals surface area contributed by atoms with Crippen molar-refractivity contribution in [1.82, 2.24) is 0 Å². The van der Waals surface area contributed by atoms with Gasteiger partial charge in [0, 0.05) is 14.2 Å². The van der Waals surface area contributed by atoms with E-state index in [0.717, 1.165) is 6.07 Å². The third-order valence-electron chi connectivity index (χ3n) is 2.69. The third kappa shape index (κ3) is 4.24. The van der Waals surface area contributed by atoms with Crippen LogP contribution in [0, 0.1) is 3.57 Å². The molecule has 2 rings (SSSR count). The van der Waals surface area contributed by atoms with E-state index in [1.807, 2.05) is 22.6 Å². The first-order chi connectivity index (χ1) is 9.78. The van der Waals surface area contributed by atoms with Crippen molar-refractivity contribution >= 4 is 34.2 Å². The monoisotopic (exact) mass is 428 g/mol. The fourth-order valence-electron chi connectivity index (χ4n) is 1.82. The molecule has 1 unspecified atom stereocenters. The molecular weight excluding hydrogens is 420 g/mol. The van der Waals surface area contributed by atoms with Gasteiger partial charge in [-0.1, -0.05) is 29.8 Å². The van der Waals surface area contributed by atoms with E-state index in [-0.39, 0.29) is 5.56 Å². The Kier molecular flexibility index (Phi) is 5.00. The molecule has 2 aromatic rings. The quantitative estimate of drug-likeness (QED) is 0.703. The highest BCUT2D eigenvalue weighted by Gasteiger charge is 2.33. The van der Waals surface area contributed by atoms with Gasteiger partial charge in [0.1, 0.15) is 11.9 Å². The Hall–Kier alpha value is -0.990. The summed E-state index contributed by atoms with van der Waals surface area (Å²) in [4.78, 5) is 0. The summed E-state index contributed by atoms with van der Waals surface area (Å²) in [5, 5.41) is 10.8. The van der Waals surface area contributed by atoms with Crippen molar-refractivity contribution in [2.45, 2.75) is 12.5 Å². The summed E-state index contributed by atoms with van der Waals surface area (Å²) in [7, 11) is 0. The molecule has 7 heteroatoms. The van der Waals surface area contributed by atoms with E-state index in [9.17, 15) is 18.3 Å². The number of ether oxygens (including phenoxy) is 1. The normalized spacial score (nSPS) is 13.0. The number of aliphatic hydroxyl groups is 1. The molecule has 0 spiro atoms. The predicted molar refractivity (Wildman–Crippen MR) is 81.4 cm³/mol. The van der Waals surface area contributed by atoms with E-state index in [4.69, 9.17) is 11.6 Å². The van der Waals surface area contributed by atoms with E-state index in [1.165, 1.54) is 24.3 Å². The molecule has 0 aliphatic carbocycles. The second kappa shape index (κ2) is 6.41. The average Bonchev–Trinajstić information content (AvgIpc) is 2.39. The number of halogens is 5. The van der Waals surface area contributed by atoms with Crippen LogP contribution in [0.2, 0.25) is 5.02 Å². The number of rotatable bonds is 3. The van der Waals surface area contributed by atoms with Crippen LogP contribution in [-0.2, 0) is 0 Å². The number of para-hydroxylation sites is 1. The zero-order chi connectivity index (χ0) is 15.6. The minimum atomic E-state index is -4.82. The Morgan fingerprint density at radius 1 is 1.10 bits per heavy atom. The lowest BCUT2D eigenvalue weighted by molar-refractivity contribution is -0.275. The van der Waals surface area contributed by atoms with Gasteiger partial charge in [-0.2, -0.15) is 0 Å². The van der Waals surface area contributed by atoms with Crippen LogP contribution in [0.4, 0.5) is 13.2 Å². The second-order valence-corrected chi connectivity index (χ2v) is 5.75. The molecule has 0 aliphatic heterocycles. The highest BCUT2D eigenvalue weighted by atomic mass is 127. The molecule has 2 nitrogen and oxygen atoms in total. The Morgan fingerprint density at radius 2 is 1.76 bits per heavy atom. The lowest BCUT2D eigenvalue weighted by atomic mass is 10.0. The fourth-order valence-corrected chi connectivity index (χ4v) is 2.63. The summed E-state index contributed by atoms with van der Waals surface area (Å²) in [5.41, 5.74) is 0.441. The van der Waals surface area contributed by atoms with Crippen LogP contribution in [0.25, 0.3) is 0 Å². The average molecular weight is 429 g/mol. The maximum atomic E-state index is 12.4. The van der Waals surface area contributed by atoms with Gasteiger partial charge in [0.15, 0.2) is 0 Å². The largest absolute Gasteiger partial charge is 0.573 e. The number of benzene rings is 2. The zero-order valence-corrected chi connectivity index (χ0v) is 13.3. The van der Waals surface area contributed by atoms with Crippen LogP contribution in [0.3, 0.4) is 0 Å². The Labute approximate surface area is 137 Å². The number of alkyl halides is 3. The molecule has 0 saturated heterocycles. The van der Waals surface area contributed by atoms with Crippen molar-refractivity contribution in [2.75, 3.05) is 0 Å². The Bertz CT molecular complexity index is 646. The van der Waals surface area contributed by atoms with Crippen LogP contribution in [0.5, 0.6) is 5.75 Å². The maximum Gasteiger partial charge on any atom is 0.573 e. The SMILES string of the molecule is OC(c1cc(Cl)ccc1I)c1ccccc1OC(F)(F)F. The summed E-state index contributed by atoms with van der Waals surface area (Å²) in [6.07, 6.45) is -6.09. The topological polar surface area (TPSA) is 29.5 Å². The summed E-state index contributed by atoms with van der Waals surface area (Å²) in [6.45, 7) is 0. The van der Waals surface area contributed by atoms with Crippen LogP contribution >= 0.6 is 34.2 Å². The number of hydrogen-bond donors (Lipinski definition) is 1. The van der Waals surface area contributed by atoms with Gasteiger partial charge >= 0.3 is 6.36 Å². The predicted octanol–water partition coefficient (Wildman–Crippen LogP) is 4.92. The summed E-state index contributed by atoms with van der Waals surface area (Å²) in [5.74, 6) is -0.437. The molecule has 0 aromatic heterocycles. The standard InChI is InChI=1S/C14H9ClF3IO2/c15-8-5-6-11(19)10(7-8)13(20)9-3-1-2-4-12(9)21-14(16,17)18/h1-7,13,20H. The molecule has 0 saturated carbocycles.